The Bertz CT molecular complexity index is 552. The van der Waals surface area contributed by atoms with Gasteiger partial charge in [0.05, 0.1) is 11.1 Å². The quantitative estimate of drug-likeness (QED) is 0.754. The molecule has 0 saturated heterocycles. The normalized spacial score (nSPS) is 9.88. The molecular weight excluding hydrogens is 217 g/mol. The van der Waals surface area contributed by atoms with Crippen LogP contribution in [0.1, 0.15) is 21.6 Å². The van der Waals surface area contributed by atoms with Crippen LogP contribution >= 0.6 is 0 Å². The van der Waals surface area contributed by atoms with Crippen LogP contribution in [0, 0.1) is 13.8 Å². The zero-order chi connectivity index (χ0) is 11.0. The van der Waals surface area contributed by atoms with E-state index in [2.05, 4.69) is 4.98 Å². The van der Waals surface area contributed by atoms with Crippen LogP contribution in [0.25, 0.3) is 10.9 Å². The average molecular weight is 231 g/mol. The molecule has 4 heteroatoms. The molecule has 1 heterocycles. The predicted octanol–water partition coefficient (Wildman–Crippen LogP) is 1.37. The number of fused-ring (bicyclic) bond motifs is 1. The molecule has 0 fully saturated rings. The molecule has 0 aliphatic carbocycles. The predicted molar refractivity (Wildman–Crippen MR) is 68.1 cm³/mol. The molecule has 0 atom stereocenters. The number of carbonyl (C=O) groups is 1. The van der Waals surface area contributed by atoms with Gasteiger partial charge in [-0.1, -0.05) is 12.1 Å². The number of pyridine rings is 1. The van der Waals surface area contributed by atoms with E-state index in [1.807, 2.05) is 26.0 Å². The van der Waals surface area contributed by atoms with Gasteiger partial charge in [0.25, 0.3) is 0 Å². The van der Waals surface area contributed by atoms with Gasteiger partial charge in [-0.3, -0.25) is 4.98 Å². The summed E-state index contributed by atoms with van der Waals surface area (Å²) in [4.78, 5) is 15.3. The molecule has 2 aromatic rings. The summed E-state index contributed by atoms with van der Waals surface area (Å²) < 4.78 is 0. The summed E-state index contributed by atoms with van der Waals surface area (Å²) in [5, 5.41) is 9.93. The van der Waals surface area contributed by atoms with Crippen LogP contribution in [-0.4, -0.2) is 33.4 Å². The van der Waals surface area contributed by atoms with Crippen LogP contribution in [0.4, 0.5) is 0 Å². The molecule has 1 aromatic carbocycles. The fourth-order valence-electron chi connectivity index (χ4n) is 1.75. The van der Waals surface area contributed by atoms with Gasteiger partial charge < -0.3 is 5.11 Å². The van der Waals surface area contributed by atoms with E-state index in [0.29, 0.717) is 5.52 Å². The van der Waals surface area contributed by atoms with E-state index < -0.39 is 5.97 Å². The first-order valence-electron chi connectivity index (χ1n) is 4.70. The number of aromatic nitrogens is 1. The molecule has 16 heavy (non-hydrogen) atoms. The average Bonchev–Trinajstić information content (AvgIpc) is 2.16. The molecule has 82 valence electrons. The minimum absolute atomic E-state index is 0. The number of aromatic carboxylic acids is 1. The van der Waals surface area contributed by atoms with Gasteiger partial charge in [0.15, 0.2) is 17.4 Å². The van der Waals surface area contributed by atoms with Crippen molar-refractivity contribution in [1.82, 2.24) is 4.98 Å². The number of para-hydroxylation sites is 1. The van der Waals surface area contributed by atoms with Gasteiger partial charge in [-0.2, -0.15) is 0 Å². The van der Waals surface area contributed by atoms with E-state index >= 15 is 0 Å². The monoisotopic (exact) mass is 231 g/mol. The lowest BCUT2D eigenvalue weighted by molar-refractivity contribution is 0.0699. The second-order valence-electron chi connectivity index (χ2n) is 3.59. The third kappa shape index (κ3) is 2.09. The number of carboxylic acid groups (broad SMARTS) is 1. The van der Waals surface area contributed by atoms with Crippen molar-refractivity contribution in [3.63, 3.8) is 0 Å². The van der Waals surface area contributed by atoms with Crippen molar-refractivity contribution in [3.05, 3.63) is 41.1 Å². The van der Waals surface area contributed by atoms with E-state index in [4.69, 9.17) is 5.11 Å². The Morgan fingerprint density at radius 1 is 1.31 bits per heavy atom. The van der Waals surface area contributed by atoms with E-state index in [1.165, 1.54) is 0 Å². The summed E-state index contributed by atoms with van der Waals surface area (Å²) in [6.07, 6.45) is 0. The molecule has 0 radical (unpaired) electrons. The molecule has 0 amide bonds. The first kappa shape index (κ1) is 12.7. The molecule has 0 unspecified atom stereocenters. The maximum atomic E-state index is 11.0. The highest BCUT2D eigenvalue weighted by molar-refractivity contribution is 6.02. The lowest BCUT2D eigenvalue weighted by Gasteiger charge is -2.05. The Morgan fingerprint density at radius 2 is 2.00 bits per heavy atom. The highest BCUT2D eigenvalue weighted by Gasteiger charge is 2.10. The molecule has 2 rings (SSSR count). The lowest BCUT2D eigenvalue weighted by atomic mass is 10.1. The second-order valence-corrected chi connectivity index (χ2v) is 3.59. The summed E-state index contributed by atoms with van der Waals surface area (Å²) in [5.41, 5.74) is 2.73. The van der Waals surface area contributed by atoms with E-state index in [0.717, 1.165) is 16.6 Å². The fourth-order valence-corrected chi connectivity index (χ4v) is 1.75. The van der Waals surface area contributed by atoms with Crippen LogP contribution in [0.2, 0.25) is 0 Å². The van der Waals surface area contributed by atoms with Crippen LogP contribution in [0.5, 0.6) is 0 Å². The van der Waals surface area contributed by atoms with Crippen molar-refractivity contribution < 1.29 is 9.90 Å². The Labute approximate surface area is 104 Å². The molecule has 3 nitrogen and oxygen atoms in total. The minimum Gasteiger partial charge on any atom is -0.478 e. The first-order valence-corrected chi connectivity index (χ1v) is 4.70. The van der Waals surface area contributed by atoms with Crippen molar-refractivity contribution >= 4 is 34.2 Å². The number of benzene rings is 1. The summed E-state index contributed by atoms with van der Waals surface area (Å²) in [5.74, 6) is -0.932. The largest absolute Gasteiger partial charge is 0.478 e. The molecule has 0 aliphatic heterocycles. The molecule has 0 bridgehead atoms. The number of aryl methyl sites for hydroxylation is 2. The molecule has 1 N–H and O–H groups in total. The lowest BCUT2D eigenvalue weighted by Crippen LogP contribution is -2.00. The third-order valence-corrected chi connectivity index (χ3v) is 2.40. The van der Waals surface area contributed by atoms with E-state index in [9.17, 15) is 4.79 Å². The Balaban J connectivity index is 0.00000128. The Kier molecular flexibility index (Phi) is 3.69. The Morgan fingerprint density at radius 3 is 2.62 bits per heavy atom. The van der Waals surface area contributed by atoms with Gasteiger partial charge in [0.2, 0.25) is 0 Å². The standard InChI is InChI=1S/C12H11NO2.Al.3H/c1-7-6-8(2)13-11-9(7)4-3-5-10(11)12(14)15;;;;/h3-6H,1-2H3,(H,14,15);;;;. The van der Waals surface area contributed by atoms with Crippen LogP contribution in [0.3, 0.4) is 0 Å². The van der Waals surface area contributed by atoms with E-state index in [1.54, 1.807) is 12.1 Å². The maximum Gasteiger partial charge on any atom is 0.337 e. The molecule has 1 aromatic heterocycles. The smallest absolute Gasteiger partial charge is 0.337 e. The van der Waals surface area contributed by atoms with Crippen LogP contribution in [-0.2, 0) is 0 Å². The van der Waals surface area contributed by atoms with Gasteiger partial charge in [0.1, 0.15) is 0 Å². The zero-order valence-electron chi connectivity index (χ0n) is 8.61. The van der Waals surface area contributed by atoms with Gasteiger partial charge in [-0.05, 0) is 31.5 Å². The van der Waals surface area contributed by atoms with Gasteiger partial charge >= 0.3 is 5.97 Å². The molecule has 0 aliphatic rings. The van der Waals surface area contributed by atoms with Gasteiger partial charge in [-0.15, -0.1) is 0 Å². The van der Waals surface area contributed by atoms with Crippen LogP contribution < -0.4 is 0 Å². The maximum absolute atomic E-state index is 11.0. The van der Waals surface area contributed by atoms with E-state index in [-0.39, 0.29) is 22.9 Å². The molecular formula is C12H14AlNO2. The molecule has 0 saturated carbocycles. The number of hydrogen-bond acceptors (Lipinski definition) is 2. The fraction of sp³-hybridized carbons (Fsp3) is 0.167. The van der Waals surface area contributed by atoms with Crippen molar-refractivity contribution in [2.75, 3.05) is 0 Å². The number of carboxylic acids is 1. The first-order chi connectivity index (χ1) is 7.09. The molecule has 0 spiro atoms. The summed E-state index contributed by atoms with van der Waals surface area (Å²) in [7, 11) is 0. The summed E-state index contributed by atoms with van der Waals surface area (Å²) in [6, 6.07) is 7.17. The highest BCUT2D eigenvalue weighted by Crippen LogP contribution is 2.20. The second kappa shape index (κ2) is 4.65. The topological polar surface area (TPSA) is 50.2 Å². The zero-order valence-corrected chi connectivity index (χ0v) is 8.61. The Hall–Kier alpha value is -1.37. The number of hydrogen-bond donors (Lipinski definition) is 1. The highest BCUT2D eigenvalue weighted by atomic mass is 27.0. The van der Waals surface area contributed by atoms with Crippen molar-refractivity contribution in [2.24, 2.45) is 0 Å². The van der Waals surface area contributed by atoms with Crippen molar-refractivity contribution in [1.29, 1.82) is 0 Å². The van der Waals surface area contributed by atoms with Crippen molar-refractivity contribution in [3.8, 4) is 0 Å². The van der Waals surface area contributed by atoms with Gasteiger partial charge in [0, 0.05) is 11.1 Å². The third-order valence-electron chi connectivity index (χ3n) is 2.40. The number of rotatable bonds is 1. The van der Waals surface area contributed by atoms with Gasteiger partial charge in [-0.25, -0.2) is 4.79 Å². The number of nitrogens with zero attached hydrogens (tertiary/aromatic N) is 1. The van der Waals surface area contributed by atoms with Crippen LogP contribution in [0.15, 0.2) is 24.3 Å². The SMILES string of the molecule is Cc1cc(C)c2cccc(C(=O)O)c2n1.[AlH3]. The summed E-state index contributed by atoms with van der Waals surface area (Å²) in [6.45, 7) is 3.83. The van der Waals surface area contributed by atoms with Crippen molar-refractivity contribution in [2.45, 2.75) is 13.8 Å². The minimum atomic E-state index is -0.932. The summed E-state index contributed by atoms with van der Waals surface area (Å²) >= 11 is 0.